The average molecular weight is 226 g/mol. The largest absolute Gasteiger partial charge is 0.299 e. The highest BCUT2D eigenvalue weighted by atomic mass is 32.2. The maximum absolute atomic E-state index is 11.5. The number of benzene rings is 1. The van der Waals surface area contributed by atoms with E-state index in [0.29, 0.717) is 0 Å². The van der Waals surface area contributed by atoms with Gasteiger partial charge in [-0.25, -0.2) is 8.42 Å². The smallest absolute Gasteiger partial charge is 0.161 e. The Kier molecular flexibility index (Phi) is 3.63. The topological polar surface area (TPSA) is 51.2 Å². The molecule has 0 aromatic heterocycles. The molecule has 0 aliphatic rings. The zero-order valence-corrected chi connectivity index (χ0v) is 9.67. The SMILES string of the molecule is CC(=O)CS(=O)(=O)Cc1ccccc1C. The molecule has 0 unspecified atom stereocenters. The van der Waals surface area contributed by atoms with Crippen molar-refractivity contribution in [3.63, 3.8) is 0 Å². The van der Waals surface area contributed by atoms with Gasteiger partial charge in [0, 0.05) is 0 Å². The van der Waals surface area contributed by atoms with Crippen LogP contribution in [0.4, 0.5) is 0 Å². The van der Waals surface area contributed by atoms with Gasteiger partial charge in [0.1, 0.15) is 11.5 Å². The van der Waals surface area contributed by atoms with Gasteiger partial charge in [-0.05, 0) is 25.0 Å². The molecule has 0 radical (unpaired) electrons. The van der Waals surface area contributed by atoms with E-state index in [1.54, 1.807) is 12.1 Å². The molecule has 0 fully saturated rings. The number of hydrogen-bond acceptors (Lipinski definition) is 3. The van der Waals surface area contributed by atoms with E-state index in [2.05, 4.69) is 0 Å². The van der Waals surface area contributed by atoms with Crippen LogP contribution in [0, 0.1) is 6.92 Å². The number of carbonyl (C=O) groups excluding carboxylic acids is 1. The van der Waals surface area contributed by atoms with E-state index in [-0.39, 0.29) is 17.3 Å². The number of aryl methyl sites for hydroxylation is 1. The first-order chi connectivity index (χ1) is 6.91. The molecule has 0 aliphatic heterocycles. The van der Waals surface area contributed by atoms with Crippen LogP contribution in [-0.2, 0) is 20.4 Å². The molecule has 0 amide bonds. The normalized spacial score (nSPS) is 11.3. The van der Waals surface area contributed by atoms with E-state index < -0.39 is 9.84 Å². The van der Waals surface area contributed by atoms with Crippen molar-refractivity contribution in [1.29, 1.82) is 0 Å². The van der Waals surface area contributed by atoms with Crippen molar-refractivity contribution < 1.29 is 13.2 Å². The molecule has 0 aliphatic carbocycles. The number of hydrogen-bond donors (Lipinski definition) is 0. The van der Waals surface area contributed by atoms with Crippen molar-refractivity contribution >= 4 is 15.6 Å². The number of rotatable bonds is 4. The Morgan fingerprint density at radius 2 is 1.87 bits per heavy atom. The monoisotopic (exact) mass is 226 g/mol. The van der Waals surface area contributed by atoms with Crippen LogP contribution in [0.2, 0.25) is 0 Å². The third kappa shape index (κ3) is 3.83. The minimum atomic E-state index is -3.31. The van der Waals surface area contributed by atoms with E-state index in [1.165, 1.54) is 6.92 Å². The Hall–Kier alpha value is -1.16. The fourth-order valence-electron chi connectivity index (χ4n) is 1.37. The van der Waals surface area contributed by atoms with Crippen LogP contribution < -0.4 is 0 Å². The number of Topliss-reactive ketones (excluding diaryl/α,β-unsaturated/α-hetero) is 1. The Bertz CT molecular complexity index is 460. The first-order valence-electron chi connectivity index (χ1n) is 4.65. The van der Waals surface area contributed by atoms with Gasteiger partial charge in [-0.2, -0.15) is 0 Å². The summed E-state index contributed by atoms with van der Waals surface area (Å²) in [7, 11) is -3.31. The fourth-order valence-corrected chi connectivity index (χ4v) is 2.89. The lowest BCUT2D eigenvalue weighted by molar-refractivity contribution is -0.114. The summed E-state index contributed by atoms with van der Waals surface area (Å²) in [5.41, 5.74) is 1.70. The summed E-state index contributed by atoms with van der Waals surface area (Å²) in [6.45, 7) is 3.15. The lowest BCUT2D eigenvalue weighted by atomic mass is 10.1. The Morgan fingerprint density at radius 1 is 1.27 bits per heavy atom. The van der Waals surface area contributed by atoms with E-state index in [0.717, 1.165) is 11.1 Å². The Morgan fingerprint density at radius 3 is 2.40 bits per heavy atom. The van der Waals surface area contributed by atoms with E-state index in [4.69, 9.17) is 0 Å². The number of carbonyl (C=O) groups is 1. The van der Waals surface area contributed by atoms with Gasteiger partial charge in [-0.3, -0.25) is 4.79 Å². The van der Waals surface area contributed by atoms with E-state index in [1.807, 2.05) is 19.1 Å². The Balaban J connectivity index is 2.87. The van der Waals surface area contributed by atoms with Gasteiger partial charge in [-0.1, -0.05) is 24.3 Å². The van der Waals surface area contributed by atoms with Crippen LogP contribution >= 0.6 is 0 Å². The molecule has 1 aromatic rings. The molecule has 1 aromatic carbocycles. The molecule has 0 saturated carbocycles. The Labute approximate surface area is 90.0 Å². The molecule has 15 heavy (non-hydrogen) atoms. The maximum atomic E-state index is 11.5. The van der Waals surface area contributed by atoms with Crippen LogP contribution in [0.3, 0.4) is 0 Å². The van der Waals surface area contributed by atoms with Crippen LogP contribution in [0.15, 0.2) is 24.3 Å². The lowest BCUT2D eigenvalue weighted by Gasteiger charge is -2.05. The minimum Gasteiger partial charge on any atom is -0.299 e. The van der Waals surface area contributed by atoms with Gasteiger partial charge in [0.15, 0.2) is 9.84 Å². The van der Waals surface area contributed by atoms with Crippen LogP contribution in [0.1, 0.15) is 18.1 Å². The third-order valence-corrected chi connectivity index (χ3v) is 3.66. The van der Waals surface area contributed by atoms with Crippen LogP contribution in [0.5, 0.6) is 0 Å². The highest BCUT2D eigenvalue weighted by molar-refractivity contribution is 7.91. The summed E-state index contributed by atoms with van der Waals surface area (Å²) in [6, 6.07) is 7.29. The van der Waals surface area contributed by atoms with Crippen molar-refractivity contribution in [2.24, 2.45) is 0 Å². The molecule has 0 bridgehead atoms. The van der Waals surface area contributed by atoms with Gasteiger partial charge in [-0.15, -0.1) is 0 Å². The van der Waals surface area contributed by atoms with Gasteiger partial charge >= 0.3 is 0 Å². The predicted molar refractivity (Wildman–Crippen MR) is 59.4 cm³/mol. The zero-order chi connectivity index (χ0) is 11.5. The second-order valence-electron chi connectivity index (χ2n) is 3.66. The highest BCUT2D eigenvalue weighted by Crippen LogP contribution is 2.11. The molecular weight excluding hydrogens is 212 g/mol. The van der Waals surface area contributed by atoms with Crippen LogP contribution in [0.25, 0.3) is 0 Å². The fraction of sp³-hybridized carbons (Fsp3) is 0.364. The van der Waals surface area contributed by atoms with Gasteiger partial charge < -0.3 is 0 Å². The van der Waals surface area contributed by atoms with E-state index >= 15 is 0 Å². The molecule has 1 rings (SSSR count). The summed E-state index contributed by atoms with van der Waals surface area (Å²) in [4.78, 5) is 10.8. The average Bonchev–Trinajstić information content (AvgIpc) is 2.06. The lowest BCUT2D eigenvalue weighted by Crippen LogP contribution is -2.15. The number of sulfone groups is 1. The zero-order valence-electron chi connectivity index (χ0n) is 8.86. The standard InChI is InChI=1S/C11H14O3S/c1-9-5-3-4-6-11(9)8-15(13,14)7-10(2)12/h3-6H,7-8H2,1-2H3. The molecule has 82 valence electrons. The van der Waals surface area contributed by atoms with Gasteiger partial charge in [0.25, 0.3) is 0 Å². The summed E-state index contributed by atoms with van der Waals surface area (Å²) >= 11 is 0. The summed E-state index contributed by atoms with van der Waals surface area (Å²) < 4.78 is 23.1. The summed E-state index contributed by atoms with van der Waals surface area (Å²) in [5, 5.41) is 0. The maximum Gasteiger partial charge on any atom is 0.161 e. The third-order valence-electron chi connectivity index (χ3n) is 2.06. The van der Waals surface area contributed by atoms with Crippen LogP contribution in [-0.4, -0.2) is 20.0 Å². The van der Waals surface area contributed by atoms with Crippen molar-refractivity contribution in [3.8, 4) is 0 Å². The molecule has 0 spiro atoms. The molecular formula is C11H14O3S. The van der Waals surface area contributed by atoms with Crippen molar-refractivity contribution in [3.05, 3.63) is 35.4 Å². The van der Waals surface area contributed by atoms with Crippen molar-refractivity contribution in [2.75, 3.05) is 5.75 Å². The quantitative estimate of drug-likeness (QED) is 0.781. The van der Waals surface area contributed by atoms with E-state index in [9.17, 15) is 13.2 Å². The first-order valence-corrected chi connectivity index (χ1v) is 6.47. The summed E-state index contributed by atoms with van der Waals surface area (Å²) in [5.74, 6) is -0.746. The molecule has 4 heteroatoms. The van der Waals surface area contributed by atoms with Crippen molar-refractivity contribution in [2.45, 2.75) is 19.6 Å². The minimum absolute atomic E-state index is 0.0563. The number of ketones is 1. The van der Waals surface area contributed by atoms with Gasteiger partial charge in [0.05, 0.1) is 5.75 Å². The van der Waals surface area contributed by atoms with Gasteiger partial charge in [0.2, 0.25) is 0 Å². The second kappa shape index (κ2) is 4.57. The molecule has 0 heterocycles. The molecule has 0 atom stereocenters. The molecule has 3 nitrogen and oxygen atoms in total. The predicted octanol–water partition coefficient (Wildman–Crippen LogP) is 1.50. The highest BCUT2D eigenvalue weighted by Gasteiger charge is 2.15. The molecule has 0 N–H and O–H groups in total. The first kappa shape index (κ1) is 11.9. The summed E-state index contributed by atoms with van der Waals surface area (Å²) in [6.07, 6.45) is 0. The second-order valence-corrected chi connectivity index (χ2v) is 5.73. The van der Waals surface area contributed by atoms with Crippen molar-refractivity contribution in [1.82, 2.24) is 0 Å². The molecule has 0 saturated heterocycles.